The zero-order valence-corrected chi connectivity index (χ0v) is 14.0. The molecule has 2 N–H and O–H groups in total. The van der Waals surface area contributed by atoms with E-state index in [0.29, 0.717) is 32.8 Å². The Balaban J connectivity index is 2.14. The zero-order chi connectivity index (χ0) is 17.0. The number of non-ortho nitro benzene ring substituents is 1. The summed E-state index contributed by atoms with van der Waals surface area (Å²) in [6, 6.07) is 9.63. The number of nitrogens with zero attached hydrogens (tertiary/aromatic N) is 1. The van der Waals surface area contributed by atoms with Crippen molar-refractivity contribution >= 4 is 46.0 Å². The van der Waals surface area contributed by atoms with Gasteiger partial charge in [0, 0.05) is 22.8 Å². The normalized spacial score (nSPS) is 10.0. The van der Waals surface area contributed by atoms with Crippen molar-refractivity contribution in [1.82, 2.24) is 0 Å². The van der Waals surface area contributed by atoms with Gasteiger partial charge >= 0.3 is 0 Å². The van der Waals surface area contributed by atoms with Gasteiger partial charge in [-0.05, 0) is 49.0 Å². The molecule has 0 amide bonds. The molecular weight excluding hydrogens is 338 g/mol. The molecule has 23 heavy (non-hydrogen) atoms. The number of benzene rings is 2. The third-order valence-electron chi connectivity index (χ3n) is 3.08. The van der Waals surface area contributed by atoms with Crippen molar-refractivity contribution in [1.29, 1.82) is 0 Å². The second kappa shape index (κ2) is 7.26. The molecular formula is C15H14ClN3O3S. The monoisotopic (exact) mass is 351 g/mol. The maximum atomic E-state index is 10.8. The fraction of sp³-hybridized carbons (Fsp3) is 0.133. The van der Waals surface area contributed by atoms with Gasteiger partial charge in [-0.25, -0.2) is 0 Å². The first-order valence-electron chi connectivity index (χ1n) is 6.57. The zero-order valence-electron chi connectivity index (χ0n) is 12.4. The van der Waals surface area contributed by atoms with Gasteiger partial charge in [-0.2, -0.15) is 0 Å². The van der Waals surface area contributed by atoms with E-state index in [1.54, 1.807) is 38.3 Å². The summed E-state index contributed by atoms with van der Waals surface area (Å²) in [4.78, 5) is 10.3. The van der Waals surface area contributed by atoms with Crippen molar-refractivity contribution in [3.8, 4) is 5.75 Å². The minimum atomic E-state index is -0.440. The van der Waals surface area contributed by atoms with Crippen LogP contribution in [0.2, 0.25) is 5.02 Å². The molecule has 0 heterocycles. The topological polar surface area (TPSA) is 76.4 Å². The van der Waals surface area contributed by atoms with E-state index in [2.05, 4.69) is 10.6 Å². The SMILES string of the molecule is COc1ccc(Cl)cc1NC(=S)Nc1ccc([N+](=O)[O-])cc1C. The quantitative estimate of drug-likeness (QED) is 0.484. The lowest BCUT2D eigenvalue weighted by molar-refractivity contribution is -0.384. The molecule has 2 rings (SSSR count). The maximum absolute atomic E-state index is 10.8. The van der Waals surface area contributed by atoms with Crippen LogP contribution in [0.4, 0.5) is 17.1 Å². The lowest BCUT2D eigenvalue weighted by atomic mass is 10.2. The Labute approximate surface area is 143 Å². The summed E-state index contributed by atoms with van der Waals surface area (Å²) in [5.74, 6) is 0.596. The number of aryl methyl sites for hydroxylation is 1. The number of methoxy groups -OCH3 is 1. The highest BCUT2D eigenvalue weighted by molar-refractivity contribution is 7.80. The number of anilines is 2. The van der Waals surface area contributed by atoms with Crippen LogP contribution in [0.3, 0.4) is 0 Å². The molecule has 0 fully saturated rings. The van der Waals surface area contributed by atoms with E-state index >= 15 is 0 Å². The van der Waals surface area contributed by atoms with Crippen LogP contribution >= 0.6 is 23.8 Å². The molecule has 0 aliphatic rings. The smallest absolute Gasteiger partial charge is 0.269 e. The number of halogens is 1. The number of nitro benzene ring substituents is 1. The Hall–Kier alpha value is -2.38. The summed E-state index contributed by atoms with van der Waals surface area (Å²) in [6.07, 6.45) is 0. The van der Waals surface area contributed by atoms with E-state index in [9.17, 15) is 10.1 Å². The molecule has 0 saturated carbocycles. The van der Waals surface area contributed by atoms with Crippen LogP contribution in [0.25, 0.3) is 0 Å². The average molecular weight is 352 g/mol. The van der Waals surface area contributed by atoms with Crippen molar-refractivity contribution in [3.63, 3.8) is 0 Å². The van der Waals surface area contributed by atoms with Gasteiger partial charge in [0.15, 0.2) is 5.11 Å². The maximum Gasteiger partial charge on any atom is 0.269 e. The predicted octanol–water partition coefficient (Wildman–Crippen LogP) is 4.37. The number of nitrogens with one attached hydrogen (secondary N) is 2. The highest BCUT2D eigenvalue weighted by Crippen LogP contribution is 2.28. The average Bonchev–Trinajstić information content (AvgIpc) is 2.49. The lowest BCUT2D eigenvalue weighted by Gasteiger charge is -2.14. The van der Waals surface area contributed by atoms with Crippen LogP contribution in [0, 0.1) is 17.0 Å². The van der Waals surface area contributed by atoms with E-state index in [0.717, 1.165) is 0 Å². The van der Waals surface area contributed by atoms with Gasteiger partial charge in [-0.3, -0.25) is 10.1 Å². The van der Waals surface area contributed by atoms with Crippen molar-refractivity contribution in [2.45, 2.75) is 6.92 Å². The van der Waals surface area contributed by atoms with Gasteiger partial charge in [0.2, 0.25) is 0 Å². The highest BCUT2D eigenvalue weighted by atomic mass is 35.5. The second-order valence-corrected chi connectivity index (χ2v) is 5.52. The van der Waals surface area contributed by atoms with Crippen molar-refractivity contribution in [2.75, 3.05) is 17.7 Å². The molecule has 0 spiro atoms. The third-order valence-corrected chi connectivity index (χ3v) is 3.52. The summed E-state index contributed by atoms with van der Waals surface area (Å²) in [7, 11) is 1.55. The fourth-order valence-electron chi connectivity index (χ4n) is 1.96. The van der Waals surface area contributed by atoms with Crippen LogP contribution in [0.5, 0.6) is 5.75 Å². The first kappa shape index (κ1) is 17.0. The van der Waals surface area contributed by atoms with Crippen LogP contribution in [-0.2, 0) is 0 Å². The number of hydrogen-bond acceptors (Lipinski definition) is 4. The first-order chi connectivity index (χ1) is 10.9. The van der Waals surface area contributed by atoms with E-state index in [1.807, 2.05) is 0 Å². The molecule has 8 heteroatoms. The van der Waals surface area contributed by atoms with Gasteiger partial charge in [0.05, 0.1) is 17.7 Å². The van der Waals surface area contributed by atoms with Crippen LogP contribution in [-0.4, -0.2) is 17.1 Å². The molecule has 0 aliphatic heterocycles. The number of hydrogen-bond donors (Lipinski definition) is 2. The minimum Gasteiger partial charge on any atom is -0.495 e. The van der Waals surface area contributed by atoms with Crippen molar-refractivity contribution < 1.29 is 9.66 Å². The van der Waals surface area contributed by atoms with Crippen LogP contribution < -0.4 is 15.4 Å². The van der Waals surface area contributed by atoms with Gasteiger partial charge in [-0.15, -0.1) is 0 Å². The fourth-order valence-corrected chi connectivity index (χ4v) is 2.35. The Morgan fingerprint density at radius 2 is 1.91 bits per heavy atom. The highest BCUT2D eigenvalue weighted by Gasteiger charge is 2.10. The molecule has 0 saturated heterocycles. The van der Waals surface area contributed by atoms with Gasteiger partial charge in [0.1, 0.15) is 5.75 Å². The summed E-state index contributed by atoms with van der Waals surface area (Å²) in [5, 5.41) is 17.6. The summed E-state index contributed by atoms with van der Waals surface area (Å²) >= 11 is 11.2. The molecule has 0 atom stereocenters. The van der Waals surface area contributed by atoms with Gasteiger partial charge < -0.3 is 15.4 Å². The Kier molecular flexibility index (Phi) is 5.36. The van der Waals surface area contributed by atoms with E-state index < -0.39 is 4.92 Å². The lowest BCUT2D eigenvalue weighted by Crippen LogP contribution is -2.20. The molecule has 0 aliphatic carbocycles. The summed E-state index contributed by atoms with van der Waals surface area (Å²) in [5.41, 5.74) is 2.04. The molecule has 6 nitrogen and oxygen atoms in total. The van der Waals surface area contributed by atoms with E-state index in [1.165, 1.54) is 12.1 Å². The molecule has 0 unspecified atom stereocenters. The first-order valence-corrected chi connectivity index (χ1v) is 7.36. The molecule has 2 aromatic rings. The Morgan fingerprint density at radius 3 is 2.52 bits per heavy atom. The molecule has 2 aromatic carbocycles. The van der Waals surface area contributed by atoms with Gasteiger partial charge in [0.25, 0.3) is 5.69 Å². The van der Waals surface area contributed by atoms with Crippen molar-refractivity contribution in [2.24, 2.45) is 0 Å². The van der Waals surface area contributed by atoms with E-state index in [4.69, 9.17) is 28.6 Å². The number of rotatable bonds is 4. The largest absolute Gasteiger partial charge is 0.495 e. The molecule has 0 bridgehead atoms. The Morgan fingerprint density at radius 1 is 1.22 bits per heavy atom. The number of thiocarbonyl (C=S) groups is 1. The van der Waals surface area contributed by atoms with Crippen LogP contribution in [0.15, 0.2) is 36.4 Å². The van der Waals surface area contributed by atoms with Gasteiger partial charge in [-0.1, -0.05) is 11.6 Å². The number of nitro groups is 1. The number of ether oxygens (including phenoxy) is 1. The second-order valence-electron chi connectivity index (χ2n) is 4.68. The standard InChI is InChI=1S/C15H14ClN3O3S/c1-9-7-11(19(20)21)4-5-12(9)17-15(23)18-13-8-10(16)3-6-14(13)22-2/h3-8H,1-2H3,(H2,17,18,23). The Bertz CT molecular complexity index is 768. The molecule has 0 radical (unpaired) electrons. The van der Waals surface area contributed by atoms with Crippen LogP contribution in [0.1, 0.15) is 5.56 Å². The van der Waals surface area contributed by atoms with E-state index in [-0.39, 0.29) is 5.69 Å². The third kappa shape index (κ3) is 4.30. The molecule has 0 aromatic heterocycles. The summed E-state index contributed by atoms with van der Waals surface area (Å²) < 4.78 is 5.23. The van der Waals surface area contributed by atoms with Crippen molar-refractivity contribution in [3.05, 3.63) is 57.1 Å². The minimum absolute atomic E-state index is 0.0310. The summed E-state index contributed by atoms with van der Waals surface area (Å²) in [6.45, 7) is 1.76. The molecule has 120 valence electrons. The predicted molar refractivity (Wildman–Crippen MR) is 95.7 cm³/mol.